The van der Waals surface area contributed by atoms with Gasteiger partial charge in [-0.15, -0.1) is 0 Å². The fraction of sp³-hybridized carbons (Fsp3) is 0.550. The average molecular weight is 450 g/mol. The van der Waals surface area contributed by atoms with Gasteiger partial charge in [-0.1, -0.05) is 35.2 Å². The Kier molecular flexibility index (Phi) is 5.31. The topological polar surface area (TPSA) is 87.7 Å². The predicted octanol–water partition coefficient (Wildman–Crippen LogP) is 3.03. The van der Waals surface area contributed by atoms with E-state index in [2.05, 4.69) is 26.6 Å². The summed E-state index contributed by atoms with van der Waals surface area (Å²) in [5, 5.41) is 5.89. The van der Waals surface area contributed by atoms with Crippen LogP contribution < -0.4 is 15.4 Å². The van der Waals surface area contributed by atoms with Crippen LogP contribution >= 0.6 is 15.9 Å². The van der Waals surface area contributed by atoms with Crippen molar-refractivity contribution >= 4 is 33.8 Å². The number of ether oxygens (including phenoxy) is 1. The first-order chi connectivity index (χ1) is 13.5. The van der Waals surface area contributed by atoms with Crippen LogP contribution in [0.2, 0.25) is 0 Å². The van der Waals surface area contributed by atoms with Crippen molar-refractivity contribution in [2.24, 2.45) is 0 Å². The molecule has 1 aliphatic carbocycles. The number of carbonyl (C=O) groups is 3. The fourth-order valence-electron chi connectivity index (χ4n) is 4.37. The second kappa shape index (κ2) is 7.73. The number of urea groups is 1. The Bertz CT molecular complexity index is 807. The van der Waals surface area contributed by atoms with Crippen LogP contribution in [0.5, 0.6) is 5.75 Å². The minimum atomic E-state index is -0.738. The van der Waals surface area contributed by atoms with E-state index in [1.54, 1.807) is 0 Å². The molecule has 0 bridgehead atoms. The summed E-state index contributed by atoms with van der Waals surface area (Å²) in [4.78, 5) is 38.8. The largest absolute Gasteiger partial charge is 0.493 e. The van der Waals surface area contributed by atoms with E-state index in [1.165, 1.54) is 4.90 Å². The minimum absolute atomic E-state index is 0.0932. The molecular weight excluding hydrogens is 426 g/mol. The van der Waals surface area contributed by atoms with E-state index in [1.807, 2.05) is 18.2 Å². The SMILES string of the molecule is O=C(CCN1C(=O)NC2(CCCCC2)C1=O)NC1CCOc2ccc(Br)cc21. The molecule has 0 radical (unpaired) electrons. The zero-order chi connectivity index (χ0) is 19.7. The Balaban J connectivity index is 1.36. The number of halogens is 1. The van der Waals surface area contributed by atoms with E-state index in [4.69, 9.17) is 4.74 Å². The molecule has 1 atom stereocenters. The van der Waals surface area contributed by atoms with Crippen molar-refractivity contribution in [3.05, 3.63) is 28.2 Å². The van der Waals surface area contributed by atoms with Crippen molar-refractivity contribution in [2.45, 2.75) is 56.5 Å². The average Bonchev–Trinajstić information content (AvgIpc) is 2.90. The summed E-state index contributed by atoms with van der Waals surface area (Å²) in [6.07, 6.45) is 5.13. The zero-order valence-electron chi connectivity index (χ0n) is 15.6. The number of hydrogen-bond acceptors (Lipinski definition) is 4. The van der Waals surface area contributed by atoms with Crippen molar-refractivity contribution < 1.29 is 19.1 Å². The van der Waals surface area contributed by atoms with E-state index in [-0.39, 0.29) is 36.9 Å². The Labute approximate surface area is 172 Å². The molecule has 2 heterocycles. The van der Waals surface area contributed by atoms with Crippen molar-refractivity contribution in [1.82, 2.24) is 15.5 Å². The molecule has 28 heavy (non-hydrogen) atoms. The molecule has 1 aromatic carbocycles. The van der Waals surface area contributed by atoms with Gasteiger partial charge in [-0.3, -0.25) is 14.5 Å². The summed E-state index contributed by atoms with van der Waals surface area (Å²) in [6, 6.07) is 5.22. The van der Waals surface area contributed by atoms with Gasteiger partial charge in [0, 0.05) is 29.4 Å². The molecule has 1 spiro atoms. The third kappa shape index (κ3) is 3.62. The van der Waals surface area contributed by atoms with Crippen LogP contribution in [-0.4, -0.2) is 41.4 Å². The van der Waals surface area contributed by atoms with Gasteiger partial charge in [-0.05, 0) is 31.0 Å². The van der Waals surface area contributed by atoms with Gasteiger partial charge in [0.2, 0.25) is 5.91 Å². The Morgan fingerprint density at radius 3 is 2.86 bits per heavy atom. The van der Waals surface area contributed by atoms with E-state index < -0.39 is 5.54 Å². The second-order valence-electron chi connectivity index (χ2n) is 7.72. The number of imide groups is 1. The first-order valence-corrected chi connectivity index (χ1v) is 10.6. The number of hydrogen-bond donors (Lipinski definition) is 2. The third-order valence-corrected chi connectivity index (χ3v) is 6.36. The van der Waals surface area contributed by atoms with Gasteiger partial charge in [0.1, 0.15) is 11.3 Å². The molecule has 4 amide bonds. The normalized spacial score (nSPS) is 23.2. The van der Waals surface area contributed by atoms with Gasteiger partial charge in [0.25, 0.3) is 5.91 Å². The number of carbonyl (C=O) groups excluding carboxylic acids is 3. The van der Waals surface area contributed by atoms with E-state index in [0.717, 1.165) is 35.0 Å². The van der Waals surface area contributed by atoms with Gasteiger partial charge in [-0.25, -0.2) is 4.79 Å². The van der Waals surface area contributed by atoms with Crippen molar-refractivity contribution in [3.8, 4) is 5.75 Å². The number of nitrogens with one attached hydrogen (secondary N) is 2. The highest BCUT2D eigenvalue weighted by atomic mass is 79.9. The molecule has 1 aromatic rings. The summed E-state index contributed by atoms with van der Waals surface area (Å²) in [7, 11) is 0. The summed E-state index contributed by atoms with van der Waals surface area (Å²) in [5.41, 5.74) is 0.197. The molecule has 3 aliphatic rings. The number of nitrogens with zero attached hydrogens (tertiary/aromatic N) is 1. The highest BCUT2D eigenvalue weighted by Gasteiger charge is 2.51. The molecule has 4 rings (SSSR count). The lowest BCUT2D eigenvalue weighted by Crippen LogP contribution is -2.48. The van der Waals surface area contributed by atoms with Crippen LogP contribution in [0.4, 0.5) is 4.79 Å². The van der Waals surface area contributed by atoms with Gasteiger partial charge < -0.3 is 15.4 Å². The van der Waals surface area contributed by atoms with E-state index >= 15 is 0 Å². The molecule has 2 N–H and O–H groups in total. The number of fused-ring (bicyclic) bond motifs is 1. The molecule has 7 nitrogen and oxygen atoms in total. The zero-order valence-corrected chi connectivity index (χ0v) is 17.2. The highest BCUT2D eigenvalue weighted by Crippen LogP contribution is 2.35. The molecule has 1 saturated heterocycles. The summed E-state index contributed by atoms with van der Waals surface area (Å²) in [6.45, 7) is 0.641. The monoisotopic (exact) mass is 449 g/mol. The second-order valence-corrected chi connectivity index (χ2v) is 8.63. The van der Waals surface area contributed by atoms with Crippen molar-refractivity contribution in [3.63, 3.8) is 0 Å². The molecule has 2 fully saturated rings. The molecule has 1 saturated carbocycles. The van der Waals surface area contributed by atoms with Crippen LogP contribution in [0.15, 0.2) is 22.7 Å². The summed E-state index contributed by atoms with van der Waals surface area (Å²) in [5.74, 6) is 0.418. The molecule has 2 aliphatic heterocycles. The van der Waals surface area contributed by atoms with Crippen LogP contribution in [0.1, 0.15) is 56.6 Å². The molecular formula is C20H24BrN3O4. The Hall–Kier alpha value is -2.09. The highest BCUT2D eigenvalue weighted by molar-refractivity contribution is 9.10. The maximum absolute atomic E-state index is 12.8. The molecule has 8 heteroatoms. The van der Waals surface area contributed by atoms with Crippen molar-refractivity contribution in [2.75, 3.05) is 13.2 Å². The quantitative estimate of drug-likeness (QED) is 0.691. The van der Waals surface area contributed by atoms with Crippen LogP contribution in [0.3, 0.4) is 0 Å². The Morgan fingerprint density at radius 2 is 2.07 bits per heavy atom. The van der Waals surface area contributed by atoms with Crippen LogP contribution in [0.25, 0.3) is 0 Å². The maximum Gasteiger partial charge on any atom is 0.325 e. The molecule has 150 valence electrons. The minimum Gasteiger partial charge on any atom is -0.493 e. The third-order valence-electron chi connectivity index (χ3n) is 5.86. The lowest BCUT2D eigenvalue weighted by atomic mass is 9.82. The van der Waals surface area contributed by atoms with Gasteiger partial charge in [0.15, 0.2) is 0 Å². The Morgan fingerprint density at radius 1 is 1.29 bits per heavy atom. The summed E-state index contributed by atoms with van der Waals surface area (Å²) < 4.78 is 6.57. The van der Waals surface area contributed by atoms with Crippen LogP contribution in [0, 0.1) is 0 Å². The van der Waals surface area contributed by atoms with Crippen molar-refractivity contribution in [1.29, 1.82) is 0 Å². The van der Waals surface area contributed by atoms with E-state index in [9.17, 15) is 14.4 Å². The first kappa shape index (κ1) is 19.2. The van der Waals surface area contributed by atoms with E-state index in [0.29, 0.717) is 25.9 Å². The first-order valence-electron chi connectivity index (χ1n) is 9.84. The number of amides is 4. The maximum atomic E-state index is 12.8. The number of benzene rings is 1. The standard InChI is InChI=1S/C20H24BrN3O4/c21-13-4-5-16-14(12-13)15(7-11-28-16)22-17(25)6-10-24-18(26)20(23-19(24)27)8-2-1-3-9-20/h4-5,12,15H,1-3,6-11H2,(H,22,25)(H,23,27). The van der Waals surface area contributed by atoms with Gasteiger partial charge in [0.05, 0.1) is 12.6 Å². The summed E-state index contributed by atoms with van der Waals surface area (Å²) >= 11 is 3.45. The van der Waals surface area contributed by atoms with Gasteiger partial charge in [-0.2, -0.15) is 0 Å². The predicted molar refractivity (Wildman–Crippen MR) is 106 cm³/mol. The molecule has 1 unspecified atom stereocenters. The van der Waals surface area contributed by atoms with Crippen LogP contribution in [-0.2, 0) is 9.59 Å². The number of rotatable bonds is 4. The lowest BCUT2D eigenvalue weighted by Gasteiger charge is -2.30. The molecule has 0 aromatic heterocycles. The van der Waals surface area contributed by atoms with Gasteiger partial charge >= 0.3 is 6.03 Å². The fourth-order valence-corrected chi connectivity index (χ4v) is 4.75. The smallest absolute Gasteiger partial charge is 0.325 e. The lowest BCUT2D eigenvalue weighted by molar-refractivity contribution is -0.132.